The Morgan fingerprint density at radius 2 is 1.60 bits per heavy atom. The van der Waals surface area contributed by atoms with Crippen molar-refractivity contribution in [2.45, 2.75) is 19.5 Å². The van der Waals surface area contributed by atoms with Crippen LogP contribution in [0.15, 0.2) is 24.3 Å². The average molecular weight is 357 g/mol. The normalized spacial score (nSPS) is 15.1. The fourth-order valence-electron chi connectivity index (χ4n) is 2.20. The van der Waals surface area contributed by atoms with Gasteiger partial charge in [-0.2, -0.15) is 13.2 Å². The van der Waals surface area contributed by atoms with Gasteiger partial charge in [-0.3, -0.25) is 19.3 Å². The molecule has 0 aliphatic carbocycles. The van der Waals surface area contributed by atoms with Crippen molar-refractivity contribution in [3.8, 4) is 0 Å². The number of nitrogens with zero attached hydrogens (tertiary/aromatic N) is 2. The van der Waals surface area contributed by atoms with Crippen LogP contribution in [0.4, 0.5) is 23.7 Å². The molecule has 7 nitrogen and oxygen atoms in total. The molecule has 0 unspecified atom stereocenters. The highest BCUT2D eigenvalue weighted by Gasteiger charge is 2.44. The number of amides is 5. The first-order valence-electron chi connectivity index (χ1n) is 7.29. The van der Waals surface area contributed by atoms with Gasteiger partial charge in [-0.25, -0.2) is 9.69 Å². The second-order valence-electron chi connectivity index (χ2n) is 5.25. The van der Waals surface area contributed by atoms with E-state index in [0.717, 1.165) is 29.2 Å². The SMILES string of the molecule is CCCN1C(=O)C(=O)N(CC(=O)Nc2ccc(C(F)(F)F)cc2)C1=O. The number of carbonyl (C=O) groups is 4. The van der Waals surface area contributed by atoms with Gasteiger partial charge in [-0.1, -0.05) is 6.92 Å². The summed E-state index contributed by atoms with van der Waals surface area (Å²) in [6.45, 7) is 1.07. The van der Waals surface area contributed by atoms with Crippen LogP contribution in [-0.2, 0) is 20.6 Å². The standard InChI is InChI=1S/C15H14F3N3O4/c1-2-7-20-12(23)13(24)21(14(20)25)8-11(22)19-10-5-3-9(4-6-10)15(16,17)18/h3-6H,2,7-8H2,1H3,(H,19,22). The highest BCUT2D eigenvalue weighted by atomic mass is 19.4. The van der Waals surface area contributed by atoms with Crippen molar-refractivity contribution >= 4 is 29.4 Å². The Balaban J connectivity index is 2.02. The van der Waals surface area contributed by atoms with Crippen LogP contribution in [0.1, 0.15) is 18.9 Å². The topological polar surface area (TPSA) is 86.8 Å². The third-order valence-electron chi connectivity index (χ3n) is 3.38. The van der Waals surface area contributed by atoms with Crippen molar-refractivity contribution in [1.82, 2.24) is 9.80 Å². The average Bonchev–Trinajstić information content (AvgIpc) is 2.73. The zero-order valence-corrected chi connectivity index (χ0v) is 13.1. The molecule has 5 amide bonds. The minimum Gasteiger partial charge on any atom is -0.325 e. The molecular formula is C15H14F3N3O4. The molecule has 2 rings (SSSR count). The Morgan fingerprint density at radius 1 is 1.04 bits per heavy atom. The maximum atomic E-state index is 12.5. The third kappa shape index (κ3) is 3.95. The molecule has 1 aliphatic heterocycles. The Kier molecular flexibility index (Phi) is 5.10. The van der Waals surface area contributed by atoms with Crippen LogP contribution in [0.5, 0.6) is 0 Å². The van der Waals surface area contributed by atoms with E-state index >= 15 is 0 Å². The van der Waals surface area contributed by atoms with Gasteiger partial charge in [0.05, 0.1) is 5.56 Å². The summed E-state index contributed by atoms with van der Waals surface area (Å²) in [5.41, 5.74) is -0.815. The molecule has 25 heavy (non-hydrogen) atoms. The molecule has 1 N–H and O–H groups in total. The van der Waals surface area contributed by atoms with E-state index in [-0.39, 0.29) is 12.2 Å². The fourth-order valence-corrected chi connectivity index (χ4v) is 2.20. The first kappa shape index (κ1) is 18.4. The van der Waals surface area contributed by atoms with Gasteiger partial charge in [-0.05, 0) is 30.7 Å². The number of urea groups is 1. The second-order valence-corrected chi connectivity index (χ2v) is 5.25. The van der Waals surface area contributed by atoms with E-state index < -0.39 is 42.0 Å². The van der Waals surface area contributed by atoms with Crippen LogP contribution in [-0.4, -0.2) is 46.6 Å². The van der Waals surface area contributed by atoms with Crippen LogP contribution in [0.3, 0.4) is 0 Å². The summed E-state index contributed by atoms with van der Waals surface area (Å²) in [7, 11) is 0. The van der Waals surface area contributed by atoms with Crippen molar-refractivity contribution in [2.24, 2.45) is 0 Å². The number of anilines is 1. The number of hydrogen-bond donors (Lipinski definition) is 1. The molecular weight excluding hydrogens is 343 g/mol. The lowest BCUT2D eigenvalue weighted by atomic mass is 10.2. The summed E-state index contributed by atoms with van der Waals surface area (Å²) in [6, 6.07) is 2.77. The molecule has 1 saturated heterocycles. The van der Waals surface area contributed by atoms with Crippen molar-refractivity contribution in [1.29, 1.82) is 0 Å². The number of benzene rings is 1. The molecule has 1 heterocycles. The van der Waals surface area contributed by atoms with Gasteiger partial charge in [0.15, 0.2) is 0 Å². The number of rotatable bonds is 5. The van der Waals surface area contributed by atoms with Gasteiger partial charge in [0.25, 0.3) is 0 Å². The van der Waals surface area contributed by atoms with E-state index in [4.69, 9.17) is 0 Å². The van der Waals surface area contributed by atoms with E-state index in [1.165, 1.54) is 0 Å². The quantitative estimate of drug-likeness (QED) is 0.644. The number of hydrogen-bond acceptors (Lipinski definition) is 4. The Bertz CT molecular complexity index is 716. The maximum Gasteiger partial charge on any atom is 0.416 e. The molecule has 1 fully saturated rings. The van der Waals surface area contributed by atoms with Gasteiger partial charge >= 0.3 is 24.0 Å². The van der Waals surface area contributed by atoms with E-state index in [1.54, 1.807) is 6.92 Å². The van der Waals surface area contributed by atoms with E-state index in [2.05, 4.69) is 5.32 Å². The molecule has 0 atom stereocenters. The molecule has 134 valence electrons. The molecule has 10 heteroatoms. The lowest BCUT2D eigenvalue weighted by Gasteiger charge is -2.15. The zero-order valence-electron chi connectivity index (χ0n) is 13.1. The Labute approximate surface area is 140 Å². The Hall–Kier alpha value is -2.91. The largest absolute Gasteiger partial charge is 0.416 e. The van der Waals surface area contributed by atoms with Gasteiger partial charge in [0.1, 0.15) is 6.54 Å². The van der Waals surface area contributed by atoms with Crippen LogP contribution in [0.25, 0.3) is 0 Å². The Morgan fingerprint density at radius 3 is 2.12 bits per heavy atom. The molecule has 1 aliphatic rings. The second kappa shape index (κ2) is 6.91. The number of halogens is 3. The summed E-state index contributed by atoms with van der Waals surface area (Å²) in [4.78, 5) is 48.5. The van der Waals surface area contributed by atoms with Crippen LogP contribution in [0, 0.1) is 0 Å². The number of carbonyl (C=O) groups excluding carboxylic acids is 4. The molecule has 0 bridgehead atoms. The summed E-state index contributed by atoms with van der Waals surface area (Å²) in [5.74, 6) is -2.93. The molecule has 0 radical (unpaired) electrons. The van der Waals surface area contributed by atoms with E-state index in [0.29, 0.717) is 11.3 Å². The summed E-state index contributed by atoms with van der Waals surface area (Å²) in [6.07, 6.45) is -4.05. The molecule has 0 aromatic heterocycles. The minimum atomic E-state index is -4.50. The first-order valence-corrected chi connectivity index (χ1v) is 7.29. The van der Waals surface area contributed by atoms with Gasteiger partial charge in [0, 0.05) is 12.2 Å². The summed E-state index contributed by atoms with van der Waals surface area (Å²) in [5, 5.41) is 2.27. The third-order valence-corrected chi connectivity index (χ3v) is 3.38. The zero-order chi connectivity index (χ0) is 18.8. The predicted octanol–water partition coefficient (Wildman–Crippen LogP) is 1.84. The lowest BCUT2D eigenvalue weighted by molar-refractivity contribution is -0.143. The van der Waals surface area contributed by atoms with Crippen LogP contribution in [0.2, 0.25) is 0 Å². The molecule has 0 spiro atoms. The summed E-state index contributed by atoms with van der Waals surface area (Å²) >= 11 is 0. The van der Waals surface area contributed by atoms with Gasteiger partial charge in [0.2, 0.25) is 5.91 Å². The smallest absolute Gasteiger partial charge is 0.325 e. The molecule has 1 aromatic carbocycles. The van der Waals surface area contributed by atoms with Crippen molar-refractivity contribution in [3.05, 3.63) is 29.8 Å². The van der Waals surface area contributed by atoms with Gasteiger partial charge < -0.3 is 5.32 Å². The van der Waals surface area contributed by atoms with Gasteiger partial charge in [-0.15, -0.1) is 0 Å². The van der Waals surface area contributed by atoms with E-state index in [1.807, 2.05) is 0 Å². The fraction of sp³-hybridized carbons (Fsp3) is 0.333. The molecule has 1 aromatic rings. The van der Waals surface area contributed by atoms with Crippen molar-refractivity contribution in [3.63, 3.8) is 0 Å². The lowest BCUT2D eigenvalue weighted by Crippen LogP contribution is -2.39. The first-order chi connectivity index (χ1) is 11.6. The van der Waals surface area contributed by atoms with Crippen LogP contribution >= 0.6 is 0 Å². The van der Waals surface area contributed by atoms with Crippen molar-refractivity contribution in [2.75, 3.05) is 18.4 Å². The van der Waals surface area contributed by atoms with Crippen molar-refractivity contribution < 1.29 is 32.3 Å². The monoisotopic (exact) mass is 357 g/mol. The number of alkyl halides is 3. The number of nitrogens with one attached hydrogen (secondary N) is 1. The number of imide groups is 2. The highest BCUT2D eigenvalue weighted by Crippen LogP contribution is 2.29. The molecule has 0 saturated carbocycles. The summed E-state index contributed by atoms with van der Waals surface area (Å²) < 4.78 is 37.4. The highest BCUT2D eigenvalue weighted by molar-refractivity contribution is 6.45. The van der Waals surface area contributed by atoms with Crippen LogP contribution < -0.4 is 5.32 Å². The minimum absolute atomic E-state index is 0.0560. The maximum absolute atomic E-state index is 12.5. The predicted molar refractivity (Wildman–Crippen MR) is 79.2 cm³/mol. The van der Waals surface area contributed by atoms with E-state index in [9.17, 15) is 32.3 Å².